The van der Waals surface area contributed by atoms with E-state index < -0.39 is 0 Å². The van der Waals surface area contributed by atoms with Gasteiger partial charge in [0.25, 0.3) is 5.91 Å². The number of aromatic nitrogens is 1. The van der Waals surface area contributed by atoms with Crippen molar-refractivity contribution in [3.63, 3.8) is 0 Å². The third-order valence-corrected chi connectivity index (χ3v) is 3.72. The molecule has 0 spiro atoms. The summed E-state index contributed by atoms with van der Waals surface area (Å²) in [5.41, 5.74) is 1.85. The molecule has 2 aromatic carbocycles. The Balaban J connectivity index is 1.70. The molecule has 1 heterocycles. The molecule has 0 atom stereocenters. The Kier molecular flexibility index (Phi) is 4.82. The molecule has 1 N–H and O–H groups in total. The maximum Gasteiger partial charge on any atom is 0.273 e. The molecule has 122 valence electrons. The van der Waals surface area contributed by atoms with Gasteiger partial charge in [-0.2, -0.15) is 0 Å². The number of hydrogen-bond acceptors (Lipinski definition) is 4. The van der Waals surface area contributed by atoms with Gasteiger partial charge in [0.1, 0.15) is 5.75 Å². The van der Waals surface area contributed by atoms with Crippen LogP contribution in [0.4, 0.5) is 0 Å². The minimum atomic E-state index is -0.321. The van der Waals surface area contributed by atoms with Gasteiger partial charge in [0, 0.05) is 28.8 Å². The van der Waals surface area contributed by atoms with E-state index in [1.54, 1.807) is 25.3 Å². The first kappa shape index (κ1) is 16.1. The number of nitrogens with one attached hydrogen (secondary N) is 1. The molecule has 3 aromatic rings. The number of carbonyl (C=O) groups is 1. The lowest BCUT2D eigenvalue weighted by Crippen LogP contribution is -2.23. The Bertz CT molecular complexity index is 861. The number of ether oxygens (including phenoxy) is 1. The molecule has 1 aromatic heterocycles. The topological polar surface area (TPSA) is 64.4 Å². The van der Waals surface area contributed by atoms with Gasteiger partial charge in [-0.15, -0.1) is 0 Å². The maximum absolute atomic E-state index is 12.2. The van der Waals surface area contributed by atoms with Crippen LogP contribution in [0.1, 0.15) is 16.1 Å². The van der Waals surface area contributed by atoms with Crippen LogP contribution in [0, 0.1) is 0 Å². The lowest BCUT2D eigenvalue weighted by molar-refractivity contribution is 0.0941. The number of methoxy groups -OCH3 is 1. The van der Waals surface area contributed by atoms with Gasteiger partial charge >= 0.3 is 0 Å². The van der Waals surface area contributed by atoms with Gasteiger partial charge in [0.15, 0.2) is 11.5 Å². The first-order valence-electron chi connectivity index (χ1n) is 7.30. The van der Waals surface area contributed by atoms with E-state index in [9.17, 15) is 4.79 Å². The molecule has 0 fully saturated rings. The predicted molar refractivity (Wildman–Crippen MR) is 91.1 cm³/mol. The van der Waals surface area contributed by atoms with E-state index in [2.05, 4.69) is 10.5 Å². The molecule has 0 saturated heterocycles. The maximum atomic E-state index is 12.2. The normalized spacial score (nSPS) is 10.4. The summed E-state index contributed by atoms with van der Waals surface area (Å²) in [7, 11) is 1.59. The van der Waals surface area contributed by atoms with Crippen molar-refractivity contribution in [2.75, 3.05) is 7.11 Å². The zero-order chi connectivity index (χ0) is 16.9. The summed E-state index contributed by atoms with van der Waals surface area (Å²) in [4.78, 5) is 12.2. The fourth-order valence-electron chi connectivity index (χ4n) is 2.28. The van der Waals surface area contributed by atoms with E-state index in [0.29, 0.717) is 17.3 Å². The van der Waals surface area contributed by atoms with E-state index in [1.807, 2.05) is 36.4 Å². The zero-order valence-corrected chi connectivity index (χ0v) is 13.7. The van der Waals surface area contributed by atoms with Crippen molar-refractivity contribution in [1.82, 2.24) is 10.5 Å². The molecule has 0 bridgehead atoms. The van der Waals surface area contributed by atoms with Crippen LogP contribution < -0.4 is 10.1 Å². The van der Waals surface area contributed by atoms with Crippen molar-refractivity contribution in [3.8, 4) is 17.1 Å². The molecule has 3 rings (SSSR count). The highest BCUT2D eigenvalue weighted by Gasteiger charge is 2.14. The Hall–Kier alpha value is -2.79. The van der Waals surface area contributed by atoms with Gasteiger partial charge in [-0.05, 0) is 18.2 Å². The fourth-order valence-corrected chi connectivity index (χ4v) is 2.47. The van der Waals surface area contributed by atoms with Crippen LogP contribution in [0.25, 0.3) is 11.3 Å². The summed E-state index contributed by atoms with van der Waals surface area (Å²) in [6.07, 6.45) is 0. The highest BCUT2D eigenvalue weighted by atomic mass is 35.5. The molecular formula is C18H15ClN2O3. The number of benzene rings is 2. The minimum Gasteiger partial charge on any atom is -0.496 e. The van der Waals surface area contributed by atoms with Gasteiger partial charge in [0.05, 0.1) is 7.11 Å². The van der Waals surface area contributed by atoms with Crippen LogP contribution in [-0.2, 0) is 6.54 Å². The molecule has 0 radical (unpaired) electrons. The SMILES string of the molecule is COc1ccccc1CNC(=O)c1cc(-c2cccc(Cl)c2)on1. The molecule has 6 heteroatoms. The molecule has 24 heavy (non-hydrogen) atoms. The Morgan fingerprint density at radius 2 is 2.04 bits per heavy atom. The summed E-state index contributed by atoms with van der Waals surface area (Å²) in [5.74, 6) is 0.885. The van der Waals surface area contributed by atoms with Crippen LogP contribution in [0.15, 0.2) is 59.1 Å². The molecule has 0 aliphatic rings. The van der Waals surface area contributed by atoms with Crippen molar-refractivity contribution >= 4 is 17.5 Å². The summed E-state index contributed by atoms with van der Waals surface area (Å²) < 4.78 is 10.5. The van der Waals surface area contributed by atoms with Crippen LogP contribution >= 0.6 is 11.6 Å². The van der Waals surface area contributed by atoms with Crippen LogP contribution in [-0.4, -0.2) is 18.2 Å². The van der Waals surface area contributed by atoms with E-state index in [1.165, 1.54) is 0 Å². The lowest BCUT2D eigenvalue weighted by Gasteiger charge is -2.08. The molecule has 0 saturated carbocycles. The summed E-state index contributed by atoms with van der Waals surface area (Å²) in [6.45, 7) is 0.336. The van der Waals surface area contributed by atoms with E-state index >= 15 is 0 Å². The summed E-state index contributed by atoms with van der Waals surface area (Å²) in [6, 6.07) is 16.2. The monoisotopic (exact) mass is 342 g/mol. The van der Waals surface area contributed by atoms with Gasteiger partial charge in [-0.3, -0.25) is 4.79 Å². The van der Waals surface area contributed by atoms with Crippen LogP contribution in [0.5, 0.6) is 5.75 Å². The number of para-hydroxylation sites is 1. The fraction of sp³-hybridized carbons (Fsp3) is 0.111. The molecule has 0 unspecified atom stereocenters. The first-order chi connectivity index (χ1) is 11.7. The third-order valence-electron chi connectivity index (χ3n) is 3.48. The number of carbonyl (C=O) groups excluding carboxylic acids is 1. The molecular weight excluding hydrogens is 328 g/mol. The lowest BCUT2D eigenvalue weighted by atomic mass is 10.1. The Morgan fingerprint density at radius 1 is 1.21 bits per heavy atom. The van der Waals surface area contributed by atoms with E-state index in [-0.39, 0.29) is 11.6 Å². The van der Waals surface area contributed by atoms with Gasteiger partial charge in [0.2, 0.25) is 0 Å². The zero-order valence-electron chi connectivity index (χ0n) is 13.0. The number of nitrogens with zero attached hydrogens (tertiary/aromatic N) is 1. The van der Waals surface area contributed by atoms with Crippen molar-refractivity contribution in [1.29, 1.82) is 0 Å². The highest BCUT2D eigenvalue weighted by Crippen LogP contribution is 2.23. The second-order valence-corrected chi connectivity index (χ2v) is 5.52. The molecule has 1 amide bonds. The number of halogens is 1. The van der Waals surface area contributed by atoms with E-state index in [0.717, 1.165) is 16.9 Å². The van der Waals surface area contributed by atoms with Crippen LogP contribution in [0.2, 0.25) is 5.02 Å². The first-order valence-corrected chi connectivity index (χ1v) is 7.68. The Morgan fingerprint density at radius 3 is 2.83 bits per heavy atom. The average Bonchev–Trinajstić information content (AvgIpc) is 3.10. The van der Waals surface area contributed by atoms with Crippen molar-refractivity contribution in [2.45, 2.75) is 6.54 Å². The number of rotatable bonds is 5. The van der Waals surface area contributed by atoms with E-state index in [4.69, 9.17) is 20.9 Å². The van der Waals surface area contributed by atoms with Gasteiger partial charge in [-0.1, -0.05) is 47.1 Å². The molecule has 5 nitrogen and oxygen atoms in total. The molecule has 0 aliphatic heterocycles. The smallest absolute Gasteiger partial charge is 0.273 e. The van der Waals surface area contributed by atoms with Crippen molar-refractivity contribution in [3.05, 3.63) is 70.9 Å². The van der Waals surface area contributed by atoms with Crippen molar-refractivity contribution in [2.24, 2.45) is 0 Å². The second-order valence-electron chi connectivity index (χ2n) is 5.08. The third kappa shape index (κ3) is 3.58. The van der Waals surface area contributed by atoms with Gasteiger partial charge < -0.3 is 14.6 Å². The Labute approximate surface area is 144 Å². The quantitative estimate of drug-likeness (QED) is 0.763. The van der Waals surface area contributed by atoms with Crippen molar-refractivity contribution < 1.29 is 14.1 Å². The van der Waals surface area contributed by atoms with Gasteiger partial charge in [-0.25, -0.2) is 0 Å². The average molecular weight is 343 g/mol. The predicted octanol–water partition coefficient (Wildman–Crippen LogP) is 3.93. The summed E-state index contributed by atoms with van der Waals surface area (Å²) >= 11 is 5.96. The standard InChI is InChI=1S/C18H15ClN2O3/c1-23-16-8-3-2-5-13(16)11-20-18(22)15-10-17(24-21-15)12-6-4-7-14(19)9-12/h2-10H,11H2,1H3,(H,20,22). The molecule has 0 aliphatic carbocycles. The highest BCUT2D eigenvalue weighted by molar-refractivity contribution is 6.30. The van der Waals surface area contributed by atoms with Crippen LogP contribution in [0.3, 0.4) is 0 Å². The number of hydrogen-bond donors (Lipinski definition) is 1. The second kappa shape index (κ2) is 7.19. The largest absolute Gasteiger partial charge is 0.496 e. The minimum absolute atomic E-state index is 0.208. The summed E-state index contributed by atoms with van der Waals surface area (Å²) in [5, 5.41) is 7.20. The number of amides is 1.